The molecule has 5 heteroatoms. The number of rotatable bonds is 11. The molecular weight excluding hydrogens is 306 g/mol. The summed E-state index contributed by atoms with van der Waals surface area (Å²) in [6, 6.07) is 4.71. The lowest BCUT2D eigenvalue weighted by molar-refractivity contribution is 0.0316. The summed E-state index contributed by atoms with van der Waals surface area (Å²) >= 11 is 0. The topological polar surface area (TPSA) is 65.5 Å². The average Bonchev–Trinajstić information content (AvgIpc) is 2.58. The van der Waals surface area contributed by atoms with E-state index in [0.29, 0.717) is 6.61 Å². The standard InChI is InChI=1S/C19H29NO4/c1-4-6-7-8-9-14-23-18(21)16-12-10-13-17(20-16)19(22)24-15(3)11-5-2/h10,12-13,15H,4-9,11,14H2,1-3H3. The molecule has 0 fully saturated rings. The van der Waals surface area contributed by atoms with E-state index in [-0.39, 0.29) is 17.5 Å². The highest BCUT2D eigenvalue weighted by molar-refractivity contribution is 5.91. The van der Waals surface area contributed by atoms with E-state index in [1.165, 1.54) is 12.8 Å². The summed E-state index contributed by atoms with van der Waals surface area (Å²) in [5, 5.41) is 0. The maximum atomic E-state index is 12.0. The number of nitrogens with zero attached hydrogens (tertiary/aromatic N) is 1. The Bertz CT molecular complexity index is 516. The van der Waals surface area contributed by atoms with E-state index in [2.05, 4.69) is 11.9 Å². The summed E-state index contributed by atoms with van der Waals surface area (Å²) < 4.78 is 10.5. The first-order valence-electron chi connectivity index (χ1n) is 8.93. The number of aromatic nitrogens is 1. The highest BCUT2D eigenvalue weighted by atomic mass is 16.5. The summed E-state index contributed by atoms with van der Waals surface area (Å²) in [5.74, 6) is -1.01. The summed E-state index contributed by atoms with van der Waals surface area (Å²) in [5.41, 5.74) is 0.275. The molecule has 0 amide bonds. The van der Waals surface area contributed by atoms with Crippen LogP contribution in [0.25, 0.3) is 0 Å². The van der Waals surface area contributed by atoms with Gasteiger partial charge < -0.3 is 9.47 Å². The van der Waals surface area contributed by atoms with Crippen molar-refractivity contribution in [2.24, 2.45) is 0 Å². The fourth-order valence-corrected chi connectivity index (χ4v) is 2.32. The molecule has 0 N–H and O–H groups in total. The second kappa shape index (κ2) is 11.6. The fraction of sp³-hybridized carbons (Fsp3) is 0.632. The lowest BCUT2D eigenvalue weighted by Crippen LogP contribution is -2.17. The van der Waals surface area contributed by atoms with Gasteiger partial charge in [-0.15, -0.1) is 0 Å². The molecule has 0 aliphatic rings. The van der Waals surface area contributed by atoms with Crippen LogP contribution in [0.5, 0.6) is 0 Å². The minimum absolute atomic E-state index is 0.135. The van der Waals surface area contributed by atoms with Crippen LogP contribution in [0, 0.1) is 0 Å². The average molecular weight is 335 g/mol. The Morgan fingerprint density at radius 1 is 1.00 bits per heavy atom. The molecule has 1 aromatic rings. The molecule has 134 valence electrons. The van der Waals surface area contributed by atoms with Crippen LogP contribution in [0.3, 0.4) is 0 Å². The van der Waals surface area contributed by atoms with Crippen LogP contribution in [-0.2, 0) is 9.47 Å². The van der Waals surface area contributed by atoms with Crippen molar-refractivity contribution >= 4 is 11.9 Å². The number of unbranched alkanes of at least 4 members (excludes halogenated alkanes) is 4. The van der Waals surface area contributed by atoms with Crippen molar-refractivity contribution in [3.8, 4) is 0 Å². The van der Waals surface area contributed by atoms with Crippen molar-refractivity contribution in [1.82, 2.24) is 4.98 Å². The smallest absolute Gasteiger partial charge is 0.357 e. The van der Waals surface area contributed by atoms with Crippen molar-refractivity contribution in [2.75, 3.05) is 6.61 Å². The molecule has 0 saturated carbocycles. The van der Waals surface area contributed by atoms with E-state index in [0.717, 1.165) is 32.1 Å². The molecule has 0 aliphatic heterocycles. The molecular formula is C19H29NO4. The van der Waals surface area contributed by atoms with Crippen molar-refractivity contribution in [1.29, 1.82) is 0 Å². The molecule has 24 heavy (non-hydrogen) atoms. The molecule has 1 rings (SSSR count). The Kier molecular flexibility index (Phi) is 9.73. The minimum atomic E-state index is -0.509. The molecule has 0 spiro atoms. The molecule has 1 aromatic heterocycles. The maximum Gasteiger partial charge on any atom is 0.357 e. The zero-order valence-electron chi connectivity index (χ0n) is 15.0. The number of pyridine rings is 1. The molecule has 0 bridgehead atoms. The van der Waals surface area contributed by atoms with Gasteiger partial charge in [0, 0.05) is 0 Å². The first kappa shape index (κ1) is 20.1. The predicted octanol–water partition coefficient (Wildman–Crippen LogP) is 4.55. The number of ether oxygens (including phenoxy) is 2. The molecule has 5 nitrogen and oxygen atoms in total. The van der Waals surface area contributed by atoms with Gasteiger partial charge in [0.25, 0.3) is 0 Å². The van der Waals surface area contributed by atoms with E-state index in [1.54, 1.807) is 18.2 Å². The van der Waals surface area contributed by atoms with Gasteiger partial charge in [0.1, 0.15) is 11.4 Å². The largest absolute Gasteiger partial charge is 0.461 e. The summed E-state index contributed by atoms with van der Waals surface area (Å²) in [6.45, 7) is 6.42. The molecule has 1 heterocycles. The zero-order valence-corrected chi connectivity index (χ0v) is 15.0. The van der Waals surface area contributed by atoms with Gasteiger partial charge in [0.15, 0.2) is 0 Å². The predicted molar refractivity (Wildman–Crippen MR) is 93.1 cm³/mol. The zero-order chi connectivity index (χ0) is 17.8. The van der Waals surface area contributed by atoms with Gasteiger partial charge in [-0.2, -0.15) is 0 Å². The second-order valence-electron chi connectivity index (χ2n) is 5.96. The molecule has 1 atom stereocenters. The van der Waals surface area contributed by atoms with Crippen LogP contribution < -0.4 is 0 Å². The van der Waals surface area contributed by atoms with Gasteiger partial charge in [-0.1, -0.05) is 52.0 Å². The third-order valence-electron chi connectivity index (χ3n) is 3.65. The van der Waals surface area contributed by atoms with Crippen LogP contribution >= 0.6 is 0 Å². The number of hydrogen-bond donors (Lipinski definition) is 0. The summed E-state index contributed by atoms with van der Waals surface area (Å²) in [4.78, 5) is 28.1. The first-order chi connectivity index (χ1) is 11.6. The van der Waals surface area contributed by atoms with E-state index >= 15 is 0 Å². The normalized spacial score (nSPS) is 11.8. The number of esters is 2. The van der Waals surface area contributed by atoms with Gasteiger partial charge >= 0.3 is 11.9 Å². The van der Waals surface area contributed by atoms with Crippen molar-refractivity contribution < 1.29 is 19.1 Å². The van der Waals surface area contributed by atoms with Crippen LogP contribution in [0.1, 0.15) is 86.7 Å². The monoisotopic (exact) mass is 335 g/mol. The van der Waals surface area contributed by atoms with Crippen LogP contribution in [0.4, 0.5) is 0 Å². The lowest BCUT2D eigenvalue weighted by atomic mass is 10.2. The lowest BCUT2D eigenvalue weighted by Gasteiger charge is -2.12. The molecule has 0 aromatic carbocycles. The first-order valence-corrected chi connectivity index (χ1v) is 8.93. The Hall–Kier alpha value is -1.91. The van der Waals surface area contributed by atoms with Gasteiger partial charge in [0.2, 0.25) is 0 Å². The van der Waals surface area contributed by atoms with Crippen molar-refractivity contribution in [2.45, 2.75) is 71.8 Å². The number of carbonyl (C=O) groups is 2. The van der Waals surface area contributed by atoms with Crippen molar-refractivity contribution in [3.05, 3.63) is 29.6 Å². The molecule has 1 unspecified atom stereocenters. The number of hydrogen-bond acceptors (Lipinski definition) is 5. The molecule has 0 radical (unpaired) electrons. The summed E-state index contributed by atoms with van der Waals surface area (Å²) in [6.07, 6.45) is 7.02. The SMILES string of the molecule is CCCCCCCOC(=O)c1cccc(C(=O)OC(C)CCC)n1. The Labute approximate surface area is 144 Å². The van der Waals surface area contributed by atoms with Gasteiger partial charge in [-0.3, -0.25) is 0 Å². The number of carbonyl (C=O) groups excluding carboxylic acids is 2. The third-order valence-corrected chi connectivity index (χ3v) is 3.65. The second-order valence-corrected chi connectivity index (χ2v) is 5.96. The van der Waals surface area contributed by atoms with Crippen molar-refractivity contribution in [3.63, 3.8) is 0 Å². The maximum absolute atomic E-state index is 12.0. The van der Waals surface area contributed by atoms with E-state index in [4.69, 9.17) is 9.47 Å². The highest BCUT2D eigenvalue weighted by Crippen LogP contribution is 2.08. The Morgan fingerprint density at radius 2 is 1.67 bits per heavy atom. The van der Waals surface area contributed by atoms with Gasteiger partial charge in [-0.25, -0.2) is 14.6 Å². The quantitative estimate of drug-likeness (QED) is 0.438. The Balaban J connectivity index is 2.48. The van der Waals surface area contributed by atoms with Crippen LogP contribution in [0.15, 0.2) is 18.2 Å². The molecule has 0 aliphatic carbocycles. The van der Waals surface area contributed by atoms with Crippen LogP contribution in [-0.4, -0.2) is 29.6 Å². The van der Waals surface area contributed by atoms with E-state index in [1.807, 2.05) is 13.8 Å². The van der Waals surface area contributed by atoms with Crippen LogP contribution in [0.2, 0.25) is 0 Å². The molecule has 0 saturated heterocycles. The summed E-state index contributed by atoms with van der Waals surface area (Å²) in [7, 11) is 0. The van der Waals surface area contributed by atoms with Gasteiger partial charge in [0.05, 0.1) is 12.7 Å². The minimum Gasteiger partial charge on any atom is -0.461 e. The fourth-order valence-electron chi connectivity index (χ4n) is 2.32. The van der Waals surface area contributed by atoms with E-state index in [9.17, 15) is 9.59 Å². The Morgan fingerprint density at radius 3 is 2.33 bits per heavy atom. The van der Waals surface area contributed by atoms with E-state index < -0.39 is 11.9 Å². The van der Waals surface area contributed by atoms with Gasteiger partial charge in [-0.05, 0) is 31.9 Å². The third kappa shape index (κ3) is 7.57. The highest BCUT2D eigenvalue weighted by Gasteiger charge is 2.16.